The van der Waals surface area contributed by atoms with Crippen LogP contribution in [0.5, 0.6) is 0 Å². The first kappa shape index (κ1) is 8.93. The first-order valence-electron chi connectivity index (χ1n) is 3.23. The Morgan fingerprint density at radius 2 is 2.33 bits per heavy atom. The quantitative estimate of drug-likeness (QED) is 0.584. The minimum absolute atomic E-state index is 0.0419. The molecule has 64 valence electrons. The molecule has 1 N–H and O–H groups in total. The Labute approximate surface area is 73.5 Å². The van der Waals surface area contributed by atoms with Crippen LogP contribution in [0.3, 0.4) is 0 Å². The summed E-state index contributed by atoms with van der Waals surface area (Å²) in [6.45, 7) is 0.253. The third-order valence-electron chi connectivity index (χ3n) is 1.33. The zero-order valence-electron chi connectivity index (χ0n) is 6.05. The number of halogens is 2. The van der Waals surface area contributed by atoms with Gasteiger partial charge in [0, 0.05) is 5.29 Å². The van der Waals surface area contributed by atoms with Gasteiger partial charge in [0.2, 0.25) is 0 Å². The summed E-state index contributed by atoms with van der Waals surface area (Å²) < 4.78 is 12.6. The fourth-order valence-corrected chi connectivity index (χ4v) is 0.976. The predicted molar refractivity (Wildman–Crippen MR) is 44.0 cm³/mol. The van der Waals surface area contributed by atoms with Crippen LogP contribution in [-0.4, -0.2) is 0 Å². The van der Waals surface area contributed by atoms with E-state index in [1.165, 1.54) is 18.2 Å². The molecule has 0 aliphatic heterocycles. The Bertz CT molecular complexity index is 293. The smallest absolute Gasteiger partial charge is 0.141 e. The van der Waals surface area contributed by atoms with Crippen LogP contribution >= 0.6 is 11.6 Å². The van der Waals surface area contributed by atoms with Crippen molar-refractivity contribution in [2.24, 2.45) is 5.29 Å². The summed E-state index contributed by atoms with van der Waals surface area (Å²) in [6.07, 6.45) is 0. The van der Waals surface area contributed by atoms with E-state index in [0.29, 0.717) is 5.56 Å². The van der Waals surface area contributed by atoms with Gasteiger partial charge in [-0.2, -0.15) is 0 Å². The van der Waals surface area contributed by atoms with E-state index in [4.69, 9.17) is 11.6 Å². The Hall–Kier alpha value is -1.16. The van der Waals surface area contributed by atoms with Gasteiger partial charge in [-0.15, -0.1) is 4.91 Å². The largest absolute Gasteiger partial charge is 0.269 e. The predicted octanol–water partition coefficient (Wildman–Crippen LogP) is 2.25. The van der Waals surface area contributed by atoms with Crippen molar-refractivity contribution in [1.29, 1.82) is 0 Å². The van der Waals surface area contributed by atoms with Crippen molar-refractivity contribution < 1.29 is 4.39 Å². The van der Waals surface area contributed by atoms with Crippen molar-refractivity contribution in [1.82, 2.24) is 5.43 Å². The van der Waals surface area contributed by atoms with E-state index >= 15 is 0 Å². The zero-order valence-corrected chi connectivity index (χ0v) is 6.81. The summed E-state index contributed by atoms with van der Waals surface area (Å²) in [6, 6.07) is 4.21. The maximum Gasteiger partial charge on any atom is 0.141 e. The number of nitrogens with one attached hydrogen (secondary N) is 1. The average Bonchev–Trinajstić information content (AvgIpc) is 2.07. The monoisotopic (exact) mass is 188 g/mol. The van der Waals surface area contributed by atoms with Crippen molar-refractivity contribution in [2.45, 2.75) is 6.54 Å². The first-order chi connectivity index (χ1) is 5.74. The minimum Gasteiger partial charge on any atom is -0.269 e. The van der Waals surface area contributed by atoms with Crippen LogP contribution < -0.4 is 5.43 Å². The maximum atomic E-state index is 12.6. The van der Waals surface area contributed by atoms with Gasteiger partial charge in [-0.3, -0.25) is 5.43 Å². The van der Waals surface area contributed by atoms with Crippen molar-refractivity contribution >= 4 is 11.6 Å². The second-order valence-electron chi connectivity index (χ2n) is 2.17. The molecule has 0 aromatic heterocycles. The number of rotatable bonds is 3. The van der Waals surface area contributed by atoms with Gasteiger partial charge in [-0.05, 0) is 17.7 Å². The van der Waals surface area contributed by atoms with E-state index in [1.807, 2.05) is 0 Å². The highest BCUT2D eigenvalue weighted by molar-refractivity contribution is 6.30. The molecule has 1 rings (SSSR count). The Balaban J connectivity index is 2.75. The van der Waals surface area contributed by atoms with Gasteiger partial charge in [0.15, 0.2) is 0 Å². The molecular formula is C7H6ClFN2O. The summed E-state index contributed by atoms with van der Waals surface area (Å²) in [7, 11) is 0. The molecule has 3 nitrogen and oxygen atoms in total. The summed E-state index contributed by atoms with van der Waals surface area (Å²) >= 11 is 5.48. The van der Waals surface area contributed by atoms with Gasteiger partial charge >= 0.3 is 0 Å². The number of nitroso groups, excluding NO2 is 1. The van der Waals surface area contributed by atoms with Crippen LogP contribution in [0.15, 0.2) is 23.5 Å². The van der Waals surface area contributed by atoms with E-state index in [0.717, 1.165) is 0 Å². The van der Waals surface area contributed by atoms with Gasteiger partial charge in [-0.1, -0.05) is 17.7 Å². The minimum atomic E-state index is -0.473. The summed E-state index contributed by atoms with van der Waals surface area (Å²) in [5.41, 5.74) is 2.91. The molecule has 5 heteroatoms. The molecule has 0 bridgehead atoms. The Morgan fingerprint density at radius 1 is 1.58 bits per heavy atom. The van der Waals surface area contributed by atoms with Crippen LogP contribution in [0.1, 0.15) is 5.56 Å². The lowest BCUT2D eigenvalue weighted by atomic mass is 10.2. The van der Waals surface area contributed by atoms with Gasteiger partial charge in [0.25, 0.3) is 0 Å². The normalized spacial score (nSPS) is 9.50. The number of hydrogen-bond acceptors (Lipinski definition) is 2. The van der Waals surface area contributed by atoms with Gasteiger partial charge in [0.05, 0.1) is 11.6 Å². The molecule has 0 atom stereocenters. The zero-order chi connectivity index (χ0) is 8.97. The molecule has 0 amide bonds. The molecular weight excluding hydrogens is 183 g/mol. The van der Waals surface area contributed by atoms with Crippen LogP contribution in [-0.2, 0) is 6.54 Å². The van der Waals surface area contributed by atoms with Crippen molar-refractivity contribution in [2.75, 3.05) is 0 Å². The fraction of sp³-hybridized carbons (Fsp3) is 0.143. The fourth-order valence-electron chi connectivity index (χ4n) is 0.773. The lowest BCUT2D eigenvalue weighted by Crippen LogP contribution is -2.03. The molecule has 0 saturated heterocycles. The molecule has 0 unspecified atom stereocenters. The highest BCUT2D eigenvalue weighted by Crippen LogP contribution is 2.15. The van der Waals surface area contributed by atoms with E-state index < -0.39 is 5.82 Å². The molecule has 0 aliphatic carbocycles. The van der Waals surface area contributed by atoms with E-state index in [1.54, 1.807) is 0 Å². The highest BCUT2D eigenvalue weighted by Gasteiger charge is 1.99. The van der Waals surface area contributed by atoms with Crippen molar-refractivity contribution in [3.05, 3.63) is 39.5 Å². The molecule has 1 aromatic rings. The molecule has 0 heterocycles. The summed E-state index contributed by atoms with van der Waals surface area (Å²) in [5, 5.41) is 2.49. The van der Waals surface area contributed by atoms with Crippen LogP contribution in [0.2, 0.25) is 5.02 Å². The third-order valence-corrected chi connectivity index (χ3v) is 1.62. The summed E-state index contributed by atoms with van der Waals surface area (Å²) in [5.74, 6) is -0.473. The topological polar surface area (TPSA) is 41.5 Å². The third kappa shape index (κ3) is 2.17. The molecule has 0 radical (unpaired) electrons. The lowest BCUT2D eigenvalue weighted by Gasteiger charge is -1.99. The van der Waals surface area contributed by atoms with Gasteiger partial charge in [-0.25, -0.2) is 4.39 Å². The van der Waals surface area contributed by atoms with Crippen LogP contribution in [0, 0.1) is 10.7 Å². The second kappa shape index (κ2) is 4.01. The molecule has 0 saturated carbocycles. The molecule has 1 aromatic carbocycles. The standard InChI is InChI=1S/C7H6ClFN2O/c8-6-3-5(4-10-11-12)1-2-7(6)9/h1-3H,4H2,(H,10,12). The number of hydrogen-bond donors (Lipinski definition) is 1. The van der Waals surface area contributed by atoms with Crippen molar-refractivity contribution in [3.8, 4) is 0 Å². The average molecular weight is 189 g/mol. The van der Waals surface area contributed by atoms with Crippen LogP contribution in [0.4, 0.5) is 4.39 Å². The molecule has 12 heavy (non-hydrogen) atoms. The Morgan fingerprint density at radius 3 is 2.92 bits per heavy atom. The Kier molecular flexibility index (Phi) is 2.99. The second-order valence-corrected chi connectivity index (χ2v) is 2.58. The van der Waals surface area contributed by atoms with Gasteiger partial charge < -0.3 is 0 Å². The molecule has 0 aliphatic rings. The first-order valence-corrected chi connectivity index (χ1v) is 3.61. The SMILES string of the molecule is O=NNCc1ccc(F)c(Cl)c1. The summed E-state index contributed by atoms with van der Waals surface area (Å²) in [4.78, 5) is 9.66. The van der Waals surface area contributed by atoms with Crippen LogP contribution in [0.25, 0.3) is 0 Å². The maximum absolute atomic E-state index is 12.6. The van der Waals surface area contributed by atoms with E-state index in [-0.39, 0.29) is 11.6 Å². The molecule has 0 fully saturated rings. The van der Waals surface area contributed by atoms with Crippen molar-refractivity contribution in [3.63, 3.8) is 0 Å². The van der Waals surface area contributed by atoms with E-state index in [2.05, 4.69) is 10.7 Å². The van der Waals surface area contributed by atoms with E-state index in [9.17, 15) is 9.30 Å². The lowest BCUT2D eigenvalue weighted by molar-refractivity contribution is 0.626. The number of nitrogens with zero attached hydrogens (tertiary/aromatic N) is 1. The number of benzene rings is 1. The van der Waals surface area contributed by atoms with Gasteiger partial charge in [0.1, 0.15) is 5.82 Å². The highest BCUT2D eigenvalue weighted by atomic mass is 35.5. The molecule has 0 spiro atoms.